The molecule has 0 fully saturated rings. The summed E-state index contributed by atoms with van der Waals surface area (Å²) in [5.74, 6) is -1.10. The van der Waals surface area contributed by atoms with E-state index < -0.39 is 11.8 Å². The van der Waals surface area contributed by atoms with Gasteiger partial charge in [-0.05, 0) is 48.0 Å². The van der Waals surface area contributed by atoms with Gasteiger partial charge in [-0.3, -0.25) is 14.4 Å². The number of carbonyl (C=O) groups is 3. The molecule has 0 aliphatic carbocycles. The normalized spacial score (nSPS) is 12.7. The average molecular weight is 457 g/mol. The van der Waals surface area contributed by atoms with Crippen molar-refractivity contribution in [2.75, 3.05) is 10.2 Å². The van der Waals surface area contributed by atoms with Crippen molar-refractivity contribution in [3.8, 4) is 5.69 Å². The number of para-hydroxylation sites is 1. The van der Waals surface area contributed by atoms with E-state index in [0.29, 0.717) is 16.8 Å². The number of benzene rings is 3. The molecular weight excluding hydrogens is 440 g/mol. The van der Waals surface area contributed by atoms with Crippen molar-refractivity contribution in [1.82, 2.24) is 9.78 Å². The van der Waals surface area contributed by atoms with Crippen LogP contribution in [0.5, 0.6) is 0 Å². The summed E-state index contributed by atoms with van der Waals surface area (Å²) in [4.78, 5) is 39.0. The molecule has 0 atom stereocenters. The first-order chi connectivity index (χ1) is 16.0. The van der Waals surface area contributed by atoms with Crippen LogP contribution in [0.3, 0.4) is 0 Å². The number of halogens is 1. The SMILES string of the molecule is O=C(Cc1cnn(-c2ccccc2)c1)Nc1ccc(N2C(=O)c3ccccc3C2=O)c(Cl)c1. The minimum absolute atomic E-state index is 0.130. The van der Waals surface area contributed by atoms with Crippen LogP contribution in [0.1, 0.15) is 26.3 Å². The lowest BCUT2D eigenvalue weighted by molar-refractivity contribution is -0.115. The summed E-state index contributed by atoms with van der Waals surface area (Å²) in [7, 11) is 0. The van der Waals surface area contributed by atoms with Gasteiger partial charge in [0.05, 0.1) is 40.1 Å². The summed E-state index contributed by atoms with van der Waals surface area (Å²) in [5.41, 5.74) is 3.06. The molecule has 0 saturated heterocycles. The fraction of sp³-hybridized carbons (Fsp3) is 0.0400. The van der Waals surface area contributed by atoms with E-state index in [1.165, 1.54) is 6.07 Å². The van der Waals surface area contributed by atoms with Gasteiger partial charge < -0.3 is 5.32 Å². The van der Waals surface area contributed by atoms with Crippen molar-refractivity contribution in [1.29, 1.82) is 0 Å². The van der Waals surface area contributed by atoms with Gasteiger partial charge in [-0.1, -0.05) is 41.9 Å². The Morgan fingerprint density at radius 1 is 0.909 bits per heavy atom. The number of fused-ring (bicyclic) bond motifs is 1. The van der Waals surface area contributed by atoms with Crippen LogP contribution < -0.4 is 10.2 Å². The smallest absolute Gasteiger partial charge is 0.266 e. The number of rotatable bonds is 5. The van der Waals surface area contributed by atoms with E-state index in [1.807, 2.05) is 30.3 Å². The van der Waals surface area contributed by atoms with Gasteiger partial charge in [0, 0.05) is 11.9 Å². The van der Waals surface area contributed by atoms with Gasteiger partial charge in [0.2, 0.25) is 5.91 Å². The van der Waals surface area contributed by atoms with Crippen LogP contribution in [-0.2, 0) is 11.2 Å². The largest absolute Gasteiger partial charge is 0.326 e. The topological polar surface area (TPSA) is 84.3 Å². The molecule has 7 nitrogen and oxygen atoms in total. The first-order valence-electron chi connectivity index (χ1n) is 10.2. The first-order valence-corrected chi connectivity index (χ1v) is 10.6. The Balaban J connectivity index is 1.29. The Kier molecular flexibility index (Phi) is 5.24. The minimum atomic E-state index is -0.426. The van der Waals surface area contributed by atoms with E-state index in [1.54, 1.807) is 53.5 Å². The van der Waals surface area contributed by atoms with Crippen molar-refractivity contribution in [2.45, 2.75) is 6.42 Å². The average Bonchev–Trinajstić information content (AvgIpc) is 3.38. The Labute approximate surface area is 194 Å². The Morgan fingerprint density at radius 2 is 1.58 bits per heavy atom. The van der Waals surface area contributed by atoms with E-state index in [9.17, 15) is 14.4 Å². The molecule has 1 aliphatic heterocycles. The zero-order chi connectivity index (χ0) is 22.9. The number of carbonyl (C=O) groups excluding carboxylic acids is 3. The van der Waals surface area contributed by atoms with E-state index >= 15 is 0 Å². The second-order valence-corrected chi connectivity index (χ2v) is 7.92. The summed E-state index contributed by atoms with van der Waals surface area (Å²) in [5, 5.41) is 7.26. The molecule has 2 heterocycles. The van der Waals surface area contributed by atoms with Gasteiger partial charge in [-0.2, -0.15) is 5.10 Å². The van der Waals surface area contributed by atoms with Crippen LogP contribution in [0.4, 0.5) is 11.4 Å². The fourth-order valence-electron chi connectivity index (χ4n) is 3.74. The molecule has 4 aromatic rings. The molecule has 1 N–H and O–H groups in total. The maximum atomic E-state index is 12.7. The van der Waals surface area contributed by atoms with Crippen molar-refractivity contribution in [3.63, 3.8) is 0 Å². The number of amides is 3. The zero-order valence-corrected chi connectivity index (χ0v) is 18.0. The molecule has 0 saturated carbocycles. The number of aromatic nitrogens is 2. The summed E-state index contributed by atoms with van der Waals surface area (Å²) < 4.78 is 1.70. The standard InChI is InChI=1S/C25H17ClN4O3/c26-21-13-17(10-11-22(21)30-24(32)19-8-4-5-9-20(19)25(30)33)28-23(31)12-16-14-27-29(15-16)18-6-2-1-3-7-18/h1-11,13-15H,12H2,(H,28,31). The monoisotopic (exact) mass is 456 g/mol. The fourth-order valence-corrected chi connectivity index (χ4v) is 4.00. The maximum Gasteiger partial charge on any atom is 0.266 e. The highest BCUT2D eigenvalue weighted by Crippen LogP contribution is 2.34. The molecule has 3 aromatic carbocycles. The molecule has 0 radical (unpaired) electrons. The first kappa shape index (κ1) is 20.7. The molecule has 33 heavy (non-hydrogen) atoms. The van der Waals surface area contributed by atoms with Crippen molar-refractivity contribution >= 4 is 40.7 Å². The number of hydrogen-bond donors (Lipinski definition) is 1. The molecule has 5 rings (SSSR count). The van der Waals surface area contributed by atoms with Crippen LogP contribution in [0.25, 0.3) is 5.69 Å². The summed E-state index contributed by atoms with van der Waals surface area (Å²) in [6.07, 6.45) is 3.57. The highest BCUT2D eigenvalue weighted by molar-refractivity contribution is 6.40. The molecule has 0 spiro atoms. The molecule has 0 bridgehead atoms. The summed E-state index contributed by atoms with van der Waals surface area (Å²) in [6, 6.07) is 20.9. The number of nitrogens with zero attached hydrogens (tertiary/aromatic N) is 3. The Morgan fingerprint density at radius 3 is 2.24 bits per heavy atom. The highest BCUT2D eigenvalue weighted by Gasteiger charge is 2.37. The lowest BCUT2D eigenvalue weighted by atomic mass is 10.1. The van der Waals surface area contributed by atoms with Crippen molar-refractivity contribution in [2.24, 2.45) is 0 Å². The van der Waals surface area contributed by atoms with Crippen molar-refractivity contribution in [3.05, 3.63) is 107 Å². The van der Waals surface area contributed by atoms with Crippen LogP contribution in [0.15, 0.2) is 85.2 Å². The molecule has 1 aromatic heterocycles. The molecule has 8 heteroatoms. The van der Waals surface area contributed by atoms with Gasteiger partial charge in [0.1, 0.15) is 0 Å². The molecule has 1 aliphatic rings. The summed E-state index contributed by atoms with van der Waals surface area (Å²) >= 11 is 6.39. The molecular formula is C25H17ClN4O3. The Hall–Kier alpha value is -4.23. The third kappa shape index (κ3) is 3.90. The Bertz CT molecular complexity index is 1360. The molecule has 0 unspecified atom stereocenters. The van der Waals surface area contributed by atoms with Crippen molar-refractivity contribution < 1.29 is 14.4 Å². The van der Waals surface area contributed by atoms with Gasteiger partial charge in [-0.15, -0.1) is 0 Å². The van der Waals surface area contributed by atoms with Crippen LogP contribution in [0.2, 0.25) is 5.02 Å². The lowest BCUT2D eigenvalue weighted by Gasteiger charge is -2.16. The van der Waals surface area contributed by atoms with Crippen LogP contribution in [-0.4, -0.2) is 27.5 Å². The molecule has 3 amide bonds. The van der Waals surface area contributed by atoms with Gasteiger partial charge in [0.15, 0.2) is 0 Å². The third-order valence-corrected chi connectivity index (χ3v) is 5.59. The van der Waals surface area contributed by atoms with Gasteiger partial charge in [0.25, 0.3) is 11.8 Å². The minimum Gasteiger partial charge on any atom is -0.326 e. The number of imide groups is 1. The van der Waals surface area contributed by atoms with Crippen LogP contribution >= 0.6 is 11.6 Å². The predicted molar refractivity (Wildman–Crippen MR) is 125 cm³/mol. The second kappa shape index (κ2) is 8.37. The highest BCUT2D eigenvalue weighted by atomic mass is 35.5. The van der Waals surface area contributed by atoms with Gasteiger partial charge >= 0.3 is 0 Å². The number of anilines is 2. The predicted octanol–water partition coefficient (Wildman–Crippen LogP) is 4.51. The quantitative estimate of drug-likeness (QED) is 0.448. The number of nitrogens with one attached hydrogen (secondary N) is 1. The maximum absolute atomic E-state index is 12.7. The van der Waals surface area contributed by atoms with E-state index in [4.69, 9.17) is 11.6 Å². The summed E-state index contributed by atoms with van der Waals surface area (Å²) in [6.45, 7) is 0. The van der Waals surface area contributed by atoms with E-state index in [2.05, 4.69) is 10.4 Å². The number of hydrogen-bond acceptors (Lipinski definition) is 4. The van der Waals surface area contributed by atoms with Crippen LogP contribution in [0, 0.1) is 0 Å². The molecule has 162 valence electrons. The van der Waals surface area contributed by atoms with E-state index in [-0.39, 0.29) is 23.0 Å². The zero-order valence-electron chi connectivity index (χ0n) is 17.2. The van der Waals surface area contributed by atoms with E-state index in [0.717, 1.165) is 16.2 Å². The third-order valence-electron chi connectivity index (χ3n) is 5.29. The lowest BCUT2D eigenvalue weighted by Crippen LogP contribution is -2.29. The van der Waals surface area contributed by atoms with Gasteiger partial charge in [-0.25, -0.2) is 9.58 Å². The second-order valence-electron chi connectivity index (χ2n) is 7.51.